The van der Waals surface area contributed by atoms with E-state index in [1.54, 1.807) is 17.5 Å². The number of thiazole rings is 1. The van der Waals surface area contributed by atoms with E-state index in [9.17, 15) is 14.0 Å². The van der Waals surface area contributed by atoms with E-state index in [0.717, 1.165) is 61.3 Å². The number of carbonyl (C=O) groups is 2. The molecule has 6 nitrogen and oxygen atoms in total. The van der Waals surface area contributed by atoms with E-state index in [1.165, 1.54) is 29.0 Å². The predicted molar refractivity (Wildman–Crippen MR) is 134 cm³/mol. The van der Waals surface area contributed by atoms with Crippen molar-refractivity contribution >= 4 is 23.2 Å². The topological polar surface area (TPSA) is 62.7 Å². The number of nitrogens with zero attached hydrogens (tertiary/aromatic N) is 3. The average Bonchev–Trinajstić information content (AvgIpc) is 3.39. The molecule has 1 atom stereocenters. The third-order valence-corrected chi connectivity index (χ3v) is 8.09. The van der Waals surface area contributed by atoms with Gasteiger partial charge in [0.2, 0.25) is 5.91 Å². The van der Waals surface area contributed by atoms with E-state index in [4.69, 9.17) is 4.74 Å². The van der Waals surface area contributed by atoms with Gasteiger partial charge in [0.1, 0.15) is 28.9 Å². The molecule has 0 N–H and O–H groups in total. The first-order valence-electron chi connectivity index (χ1n) is 12.6. The van der Waals surface area contributed by atoms with E-state index in [1.807, 2.05) is 21.9 Å². The maximum absolute atomic E-state index is 13.7. The van der Waals surface area contributed by atoms with E-state index in [2.05, 4.69) is 11.1 Å². The molecule has 36 heavy (non-hydrogen) atoms. The monoisotopic (exact) mass is 505 g/mol. The van der Waals surface area contributed by atoms with E-state index >= 15 is 0 Å². The van der Waals surface area contributed by atoms with Gasteiger partial charge in [0.25, 0.3) is 5.91 Å². The van der Waals surface area contributed by atoms with Crippen LogP contribution in [0.5, 0.6) is 5.75 Å². The van der Waals surface area contributed by atoms with Gasteiger partial charge in [-0.25, -0.2) is 9.37 Å². The van der Waals surface area contributed by atoms with Crippen LogP contribution in [0.25, 0.3) is 0 Å². The Bertz CT molecular complexity index is 1280. The molecule has 1 saturated carbocycles. The summed E-state index contributed by atoms with van der Waals surface area (Å²) in [6.45, 7) is 2.51. The van der Waals surface area contributed by atoms with Crippen LogP contribution in [0.15, 0.2) is 47.8 Å². The van der Waals surface area contributed by atoms with Crippen LogP contribution in [0.4, 0.5) is 4.39 Å². The van der Waals surface area contributed by atoms with Gasteiger partial charge in [-0.15, -0.1) is 11.3 Å². The molecule has 0 spiro atoms. The zero-order valence-corrected chi connectivity index (χ0v) is 20.8. The Morgan fingerprint density at radius 2 is 1.83 bits per heavy atom. The van der Waals surface area contributed by atoms with Crippen LogP contribution in [0.3, 0.4) is 0 Å². The molecular weight excluding hydrogens is 477 g/mol. The molecule has 1 aromatic heterocycles. The van der Waals surface area contributed by atoms with Crippen molar-refractivity contribution in [2.24, 2.45) is 5.92 Å². The predicted octanol–water partition coefficient (Wildman–Crippen LogP) is 4.98. The lowest BCUT2D eigenvalue weighted by Crippen LogP contribution is -2.41. The zero-order chi connectivity index (χ0) is 24.6. The molecule has 3 aromatic rings. The van der Waals surface area contributed by atoms with Crippen LogP contribution >= 0.6 is 11.3 Å². The van der Waals surface area contributed by atoms with E-state index in [0.29, 0.717) is 18.0 Å². The fourth-order valence-corrected chi connectivity index (χ4v) is 5.87. The number of hydrogen-bond donors (Lipinski definition) is 0. The van der Waals surface area contributed by atoms with Gasteiger partial charge in [0, 0.05) is 30.9 Å². The van der Waals surface area contributed by atoms with Crippen molar-refractivity contribution in [3.63, 3.8) is 0 Å². The van der Waals surface area contributed by atoms with Crippen LogP contribution < -0.4 is 4.74 Å². The van der Waals surface area contributed by atoms with Crippen molar-refractivity contribution in [1.82, 2.24) is 14.8 Å². The van der Waals surface area contributed by atoms with Crippen molar-refractivity contribution in [2.75, 3.05) is 19.6 Å². The largest absolute Gasteiger partial charge is 0.486 e. The number of amides is 2. The normalized spacial score (nSPS) is 19.3. The van der Waals surface area contributed by atoms with Crippen LogP contribution in [0.1, 0.15) is 63.9 Å². The molecular formula is C28H28FN3O3S. The molecule has 3 aliphatic rings. The number of halogens is 1. The second-order valence-corrected chi connectivity index (χ2v) is 10.7. The number of fused-ring (bicyclic) bond motifs is 1. The van der Waals surface area contributed by atoms with Gasteiger partial charge in [-0.05, 0) is 73.1 Å². The maximum Gasteiger partial charge on any atom is 0.273 e. The van der Waals surface area contributed by atoms with Gasteiger partial charge in [-0.1, -0.05) is 18.2 Å². The highest BCUT2D eigenvalue weighted by atomic mass is 32.1. The van der Waals surface area contributed by atoms with Gasteiger partial charge >= 0.3 is 0 Å². The number of aromatic nitrogens is 1. The second-order valence-electron chi connectivity index (χ2n) is 9.79. The maximum atomic E-state index is 13.7. The van der Waals surface area contributed by atoms with Crippen molar-refractivity contribution in [3.05, 3.63) is 81.1 Å². The molecule has 2 fully saturated rings. The lowest BCUT2D eigenvalue weighted by atomic mass is 9.87. The molecule has 6 rings (SSSR count). The molecule has 3 heterocycles. The van der Waals surface area contributed by atoms with Crippen LogP contribution in [0, 0.1) is 11.7 Å². The summed E-state index contributed by atoms with van der Waals surface area (Å²) in [4.78, 5) is 34.1. The molecule has 2 amide bonds. The van der Waals surface area contributed by atoms with Crippen molar-refractivity contribution in [2.45, 2.75) is 44.8 Å². The Kier molecular flexibility index (Phi) is 6.21. The number of ether oxygens (including phenoxy) is 1. The first-order chi connectivity index (χ1) is 17.6. The molecule has 0 radical (unpaired) electrons. The number of rotatable bonds is 6. The molecule has 8 heteroatoms. The van der Waals surface area contributed by atoms with Crippen LogP contribution in [-0.2, 0) is 17.8 Å². The van der Waals surface area contributed by atoms with Gasteiger partial charge < -0.3 is 14.5 Å². The van der Waals surface area contributed by atoms with Crippen LogP contribution in [-0.4, -0.2) is 46.2 Å². The Hall–Kier alpha value is -3.26. The Balaban J connectivity index is 1.23. The summed E-state index contributed by atoms with van der Waals surface area (Å²) in [5, 5.41) is 2.55. The minimum absolute atomic E-state index is 0.00802. The summed E-state index contributed by atoms with van der Waals surface area (Å²) in [7, 11) is 0. The summed E-state index contributed by atoms with van der Waals surface area (Å²) in [6.07, 6.45) is 4.76. The first-order valence-corrected chi connectivity index (χ1v) is 13.5. The van der Waals surface area contributed by atoms with Gasteiger partial charge in [-0.2, -0.15) is 0 Å². The summed E-state index contributed by atoms with van der Waals surface area (Å²) in [6, 6.07) is 12.2. The molecule has 2 aromatic carbocycles. The lowest BCUT2D eigenvalue weighted by Gasteiger charge is -2.38. The number of benzene rings is 2. The first kappa shape index (κ1) is 23.2. The molecule has 1 unspecified atom stereocenters. The third kappa shape index (κ3) is 4.62. The molecule has 2 aliphatic heterocycles. The Labute approximate surface area is 213 Å². The van der Waals surface area contributed by atoms with Gasteiger partial charge in [0.15, 0.2) is 0 Å². The summed E-state index contributed by atoms with van der Waals surface area (Å²) in [5.74, 6) is 0.670. The lowest BCUT2D eigenvalue weighted by molar-refractivity contribution is -0.134. The smallest absolute Gasteiger partial charge is 0.273 e. The van der Waals surface area contributed by atoms with Crippen molar-refractivity contribution in [1.29, 1.82) is 0 Å². The Morgan fingerprint density at radius 3 is 2.58 bits per heavy atom. The number of likely N-dealkylation sites (tertiary alicyclic amines) is 1. The van der Waals surface area contributed by atoms with Gasteiger partial charge in [-0.3, -0.25) is 9.59 Å². The van der Waals surface area contributed by atoms with E-state index in [-0.39, 0.29) is 36.2 Å². The minimum Gasteiger partial charge on any atom is -0.486 e. The second kappa shape index (κ2) is 9.65. The summed E-state index contributed by atoms with van der Waals surface area (Å²) < 4.78 is 19.8. The fraction of sp³-hybridized carbons (Fsp3) is 0.393. The minimum atomic E-state index is -0.294. The summed E-state index contributed by atoms with van der Waals surface area (Å²) >= 11 is 1.43. The summed E-state index contributed by atoms with van der Waals surface area (Å²) in [5.41, 5.74) is 3.57. The third-order valence-electron chi connectivity index (χ3n) is 7.27. The molecule has 0 bridgehead atoms. The average molecular weight is 506 g/mol. The number of hydrogen-bond acceptors (Lipinski definition) is 5. The fourth-order valence-electron chi connectivity index (χ4n) is 5.19. The highest BCUT2D eigenvalue weighted by molar-refractivity contribution is 7.09. The van der Waals surface area contributed by atoms with E-state index < -0.39 is 0 Å². The quantitative estimate of drug-likeness (QED) is 0.474. The van der Waals surface area contributed by atoms with Crippen molar-refractivity contribution < 1.29 is 18.7 Å². The van der Waals surface area contributed by atoms with Crippen LogP contribution in [0.2, 0.25) is 0 Å². The molecule has 186 valence electrons. The van der Waals surface area contributed by atoms with Gasteiger partial charge in [0.05, 0.1) is 6.04 Å². The van der Waals surface area contributed by atoms with Crippen molar-refractivity contribution in [3.8, 4) is 5.75 Å². The standard InChI is InChI=1S/C28H28FN3O3S/c29-21-8-5-19(6-9-21)26-23-15-22(10-7-18(23)11-14-32(26)27(33)20-3-4-20)35-16-25-30-24(17-36-25)28(34)31-12-1-2-13-31/h5-10,15,17,20,26H,1-4,11-14,16H2. The molecule has 1 aliphatic carbocycles. The molecule has 1 saturated heterocycles. The zero-order valence-electron chi connectivity index (χ0n) is 20.0. The highest BCUT2D eigenvalue weighted by Gasteiger charge is 2.39. The number of carbonyl (C=O) groups excluding carboxylic acids is 2. The SMILES string of the molecule is O=C(c1csc(COc2ccc3c(c2)C(c2ccc(F)cc2)N(C(=O)C2CC2)CC3)n1)N1CCCC1. The Morgan fingerprint density at radius 1 is 1.06 bits per heavy atom. The highest BCUT2D eigenvalue weighted by Crippen LogP contribution is 2.41.